The molecule has 0 aliphatic heterocycles. The molecule has 15 heavy (non-hydrogen) atoms. The van der Waals surface area contributed by atoms with Crippen molar-refractivity contribution < 1.29 is 4.79 Å². The van der Waals surface area contributed by atoms with Crippen molar-refractivity contribution in [1.82, 2.24) is 9.78 Å². The molecule has 0 aliphatic rings. The molecule has 2 aromatic rings. The number of rotatable bonds is 2. The molecule has 0 bridgehead atoms. The predicted molar refractivity (Wildman–Crippen MR) is 60.4 cm³/mol. The number of aromatic nitrogens is 2. The second kappa shape index (κ2) is 3.66. The van der Waals surface area contributed by atoms with Gasteiger partial charge in [0.05, 0.1) is 0 Å². The van der Waals surface area contributed by atoms with Gasteiger partial charge in [0, 0.05) is 17.5 Å². The fraction of sp³-hybridized carbons (Fsp3) is 0.273. The van der Waals surface area contributed by atoms with Gasteiger partial charge < -0.3 is 0 Å². The molecule has 0 fully saturated rings. The van der Waals surface area contributed by atoms with Crippen molar-refractivity contribution in [3.8, 4) is 0 Å². The molecule has 1 aromatic carbocycles. The summed E-state index contributed by atoms with van der Waals surface area (Å²) in [6.07, 6.45) is 0. The maximum absolute atomic E-state index is 11.4. The normalized spacial score (nSPS) is 10.9. The van der Waals surface area contributed by atoms with Crippen LogP contribution >= 0.6 is 11.6 Å². The van der Waals surface area contributed by atoms with Gasteiger partial charge in [-0.05, 0) is 26.0 Å². The third-order valence-corrected chi connectivity index (χ3v) is 2.78. The quantitative estimate of drug-likeness (QED) is 0.733. The molecule has 0 radical (unpaired) electrons. The van der Waals surface area contributed by atoms with E-state index in [1.54, 1.807) is 10.7 Å². The Morgan fingerprint density at radius 3 is 2.87 bits per heavy atom. The lowest BCUT2D eigenvalue weighted by Crippen LogP contribution is -1.97. The number of aryl methyl sites for hydroxylation is 1. The van der Waals surface area contributed by atoms with Crippen LogP contribution in [0.4, 0.5) is 0 Å². The second-order valence-electron chi connectivity index (χ2n) is 3.36. The first kappa shape index (κ1) is 10.2. The molecule has 78 valence electrons. The SMILES string of the molecule is CCn1nc2c(C(C)=O)cccc2c1Cl. The van der Waals surface area contributed by atoms with Crippen LogP contribution in [0.1, 0.15) is 24.2 Å². The van der Waals surface area contributed by atoms with E-state index < -0.39 is 0 Å². The summed E-state index contributed by atoms with van der Waals surface area (Å²) in [6, 6.07) is 5.48. The van der Waals surface area contributed by atoms with E-state index in [0.29, 0.717) is 22.8 Å². The third-order valence-electron chi connectivity index (χ3n) is 2.38. The van der Waals surface area contributed by atoms with Crippen LogP contribution in [0.3, 0.4) is 0 Å². The zero-order valence-electron chi connectivity index (χ0n) is 8.62. The molecule has 1 aromatic heterocycles. The lowest BCUT2D eigenvalue weighted by molar-refractivity contribution is 0.101. The van der Waals surface area contributed by atoms with Crippen molar-refractivity contribution in [2.75, 3.05) is 0 Å². The number of carbonyl (C=O) groups excluding carboxylic acids is 1. The summed E-state index contributed by atoms with van der Waals surface area (Å²) in [5.41, 5.74) is 1.32. The maximum atomic E-state index is 11.4. The number of hydrogen-bond donors (Lipinski definition) is 0. The Hall–Kier alpha value is -1.35. The summed E-state index contributed by atoms with van der Waals surface area (Å²) < 4.78 is 1.69. The van der Waals surface area contributed by atoms with Gasteiger partial charge in [-0.3, -0.25) is 9.48 Å². The van der Waals surface area contributed by atoms with Crippen molar-refractivity contribution in [2.24, 2.45) is 0 Å². The number of carbonyl (C=O) groups is 1. The van der Waals surface area contributed by atoms with Gasteiger partial charge in [-0.1, -0.05) is 17.7 Å². The van der Waals surface area contributed by atoms with Gasteiger partial charge >= 0.3 is 0 Å². The third kappa shape index (κ3) is 1.53. The first-order valence-corrected chi connectivity index (χ1v) is 5.19. The Morgan fingerprint density at radius 2 is 2.27 bits per heavy atom. The highest BCUT2D eigenvalue weighted by Gasteiger charge is 2.13. The zero-order chi connectivity index (χ0) is 11.0. The highest BCUT2D eigenvalue weighted by Crippen LogP contribution is 2.25. The van der Waals surface area contributed by atoms with Gasteiger partial charge in [-0.25, -0.2) is 0 Å². The molecule has 0 N–H and O–H groups in total. The fourth-order valence-corrected chi connectivity index (χ4v) is 1.92. The van der Waals surface area contributed by atoms with Crippen LogP contribution in [-0.4, -0.2) is 15.6 Å². The largest absolute Gasteiger partial charge is 0.294 e. The minimum absolute atomic E-state index is 0.0121. The summed E-state index contributed by atoms with van der Waals surface area (Å²) in [5.74, 6) is 0.0121. The Balaban J connectivity index is 2.81. The van der Waals surface area contributed by atoms with Gasteiger partial charge in [-0.2, -0.15) is 5.10 Å². The standard InChI is InChI=1S/C11H11ClN2O/c1-3-14-11(12)9-6-4-5-8(7(2)15)10(9)13-14/h4-6H,3H2,1-2H3. The number of nitrogens with zero attached hydrogens (tertiary/aromatic N) is 2. The number of fused-ring (bicyclic) bond motifs is 1. The number of Topliss-reactive ketones (excluding diaryl/α,β-unsaturated/α-hetero) is 1. The second-order valence-corrected chi connectivity index (χ2v) is 3.72. The minimum Gasteiger partial charge on any atom is -0.294 e. The molecule has 0 aliphatic carbocycles. The Bertz CT molecular complexity index is 531. The predicted octanol–water partition coefficient (Wildman–Crippen LogP) is 2.91. The minimum atomic E-state index is 0.0121. The van der Waals surface area contributed by atoms with E-state index in [1.165, 1.54) is 6.92 Å². The molecule has 0 unspecified atom stereocenters. The van der Waals surface area contributed by atoms with Gasteiger partial charge in [-0.15, -0.1) is 0 Å². The average molecular weight is 223 g/mol. The van der Waals surface area contributed by atoms with Crippen molar-refractivity contribution in [1.29, 1.82) is 0 Å². The molecular weight excluding hydrogens is 212 g/mol. The number of halogens is 1. The van der Waals surface area contributed by atoms with E-state index in [2.05, 4.69) is 5.10 Å². The maximum Gasteiger partial charge on any atom is 0.162 e. The van der Waals surface area contributed by atoms with Crippen molar-refractivity contribution >= 4 is 28.3 Å². The van der Waals surface area contributed by atoms with Gasteiger partial charge in [0.2, 0.25) is 0 Å². The Labute approximate surface area is 92.6 Å². The van der Waals surface area contributed by atoms with E-state index >= 15 is 0 Å². The summed E-state index contributed by atoms with van der Waals surface area (Å²) >= 11 is 6.12. The van der Waals surface area contributed by atoms with Crippen LogP contribution in [0, 0.1) is 0 Å². The highest BCUT2D eigenvalue weighted by molar-refractivity contribution is 6.34. The molecule has 0 saturated heterocycles. The summed E-state index contributed by atoms with van der Waals surface area (Å²) in [5, 5.41) is 5.75. The monoisotopic (exact) mass is 222 g/mol. The van der Waals surface area contributed by atoms with Crippen LogP contribution in [0.5, 0.6) is 0 Å². The topological polar surface area (TPSA) is 34.9 Å². The molecule has 0 atom stereocenters. The molecule has 3 nitrogen and oxygen atoms in total. The Morgan fingerprint density at radius 1 is 1.53 bits per heavy atom. The lowest BCUT2D eigenvalue weighted by atomic mass is 10.1. The first-order valence-electron chi connectivity index (χ1n) is 4.81. The highest BCUT2D eigenvalue weighted by atomic mass is 35.5. The van der Waals surface area contributed by atoms with Crippen LogP contribution in [0.25, 0.3) is 10.9 Å². The van der Waals surface area contributed by atoms with E-state index in [0.717, 1.165) is 5.39 Å². The molecule has 2 rings (SSSR count). The number of ketones is 1. The molecule has 0 spiro atoms. The molecule has 0 amide bonds. The van der Waals surface area contributed by atoms with E-state index in [9.17, 15) is 4.79 Å². The molecule has 0 saturated carbocycles. The fourth-order valence-electron chi connectivity index (χ4n) is 1.61. The van der Waals surface area contributed by atoms with Crippen LogP contribution in [-0.2, 0) is 6.54 Å². The van der Waals surface area contributed by atoms with E-state index in [4.69, 9.17) is 11.6 Å². The van der Waals surface area contributed by atoms with Crippen molar-refractivity contribution in [3.63, 3.8) is 0 Å². The van der Waals surface area contributed by atoms with Gasteiger partial charge in [0.1, 0.15) is 10.7 Å². The van der Waals surface area contributed by atoms with Crippen LogP contribution in [0.2, 0.25) is 5.15 Å². The lowest BCUT2D eigenvalue weighted by Gasteiger charge is -1.94. The van der Waals surface area contributed by atoms with Crippen LogP contribution in [0.15, 0.2) is 18.2 Å². The molecule has 1 heterocycles. The van der Waals surface area contributed by atoms with E-state index in [-0.39, 0.29) is 5.78 Å². The number of benzene rings is 1. The summed E-state index contributed by atoms with van der Waals surface area (Å²) in [4.78, 5) is 11.4. The van der Waals surface area contributed by atoms with Crippen molar-refractivity contribution in [3.05, 3.63) is 28.9 Å². The molecular formula is C11H11ClN2O. The average Bonchev–Trinajstić information content (AvgIpc) is 2.55. The smallest absolute Gasteiger partial charge is 0.162 e. The van der Waals surface area contributed by atoms with Crippen molar-refractivity contribution in [2.45, 2.75) is 20.4 Å². The summed E-state index contributed by atoms with van der Waals surface area (Å²) in [7, 11) is 0. The zero-order valence-corrected chi connectivity index (χ0v) is 9.38. The Kier molecular flexibility index (Phi) is 2.49. The van der Waals surface area contributed by atoms with Gasteiger partial charge in [0.15, 0.2) is 5.78 Å². The van der Waals surface area contributed by atoms with E-state index in [1.807, 2.05) is 19.1 Å². The molecule has 4 heteroatoms. The van der Waals surface area contributed by atoms with Gasteiger partial charge in [0.25, 0.3) is 0 Å². The first-order chi connectivity index (χ1) is 7.15. The number of hydrogen-bond acceptors (Lipinski definition) is 2. The van der Waals surface area contributed by atoms with Crippen LogP contribution < -0.4 is 0 Å². The summed E-state index contributed by atoms with van der Waals surface area (Å²) in [6.45, 7) is 4.20.